The molecule has 164 valence electrons. The lowest BCUT2D eigenvalue weighted by molar-refractivity contribution is -0.383. The summed E-state index contributed by atoms with van der Waals surface area (Å²) in [6, 6.07) is 8.68. The third-order valence-corrected chi connectivity index (χ3v) is 5.65. The van der Waals surface area contributed by atoms with E-state index in [4.69, 9.17) is 11.6 Å². The molecule has 0 saturated heterocycles. The highest BCUT2D eigenvalue weighted by Gasteiger charge is 2.33. The summed E-state index contributed by atoms with van der Waals surface area (Å²) in [7, 11) is 0. The van der Waals surface area contributed by atoms with Gasteiger partial charge in [-0.2, -0.15) is 13.2 Å². The fourth-order valence-electron chi connectivity index (χ4n) is 2.93. The minimum atomic E-state index is -4.69. The first-order chi connectivity index (χ1) is 15.1. The van der Waals surface area contributed by atoms with Crippen molar-refractivity contribution in [3.63, 3.8) is 0 Å². The molecule has 0 fully saturated rings. The molecule has 0 amide bonds. The van der Waals surface area contributed by atoms with Crippen LogP contribution < -0.4 is 10.6 Å². The number of aromatic nitrogens is 3. The molecular weight excluding hydrogens is 469 g/mol. The Hall–Kier alpha value is -3.51. The van der Waals surface area contributed by atoms with Gasteiger partial charge in [-0.15, -0.1) is 0 Å². The molecule has 0 aliphatic carbocycles. The first-order valence-corrected chi connectivity index (χ1v) is 10.1. The molecule has 0 aliphatic heterocycles. The number of alkyl halides is 3. The highest BCUT2D eigenvalue weighted by molar-refractivity contribution is 7.22. The van der Waals surface area contributed by atoms with Crippen LogP contribution in [0.5, 0.6) is 0 Å². The largest absolute Gasteiger partial charge is 0.417 e. The highest BCUT2D eigenvalue weighted by Crippen LogP contribution is 2.39. The van der Waals surface area contributed by atoms with Crippen molar-refractivity contribution in [2.75, 3.05) is 10.6 Å². The maximum Gasteiger partial charge on any atom is 0.417 e. The summed E-state index contributed by atoms with van der Waals surface area (Å²) < 4.78 is 40.3. The van der Waals surface area contributed by atoms with Gasteiger partial charge in [0.25, 0.3) is 0 Å². The zero-order chi connectivity index (χ0) is 23.0. The number of aryl methyl sites for hydroxylation is 1. The number of nitrogens with one attached hydrogen (secondary N) is 2. The molecule has 0 radical (unpaired) electrons. The fraction of sp³-hybridized carbons (Fsp3) is 0.105. The monoisotopic (exact) mass is 480 g/mol. The minimum Gasteiger partial charge on any atom is -0.334 e. The molecule has 8 nitrogen and oxygen atoms in total. The Morgan fingerprint density at radius 1 is 1.12 bits per heavy atom. The first-order valence-electron chi connectivity index (χ1n) is 8.90. The second kappa shape index (κ2) is 8.20. The third-order valence-electron chi connectivity index (χ3n) is 4.39. The standard InChI is InChI=1S/C19H12ClF3N6O2S/c1-9-3-2-4-13-14(9)27-18(32-13)28-17-15(29(30)31)16(24-8-25-17)26-10-5-6-12(20)11(7-10)19(21,22)23/h2-8H,1H3,(H2,24,25,26,27,28). The number of anilines is 4. The number of rotatable bonds is 5. The summed E-state index contributed by atoms with van der Waals surface area (Å²) in [5.74, 6) is -0.450. The van der Waals surface area contributed by atoms with Crippen LogP contribution in [0, 0.1) is 17.0 Å². The van der Waals surface area contributed by atoms with Crippen molar-refractivity contribution in [3.05, 3.63) is 69.0 Å². The molecule has 0 atom stereocenters. The number of nitrogens with zero attached hydrogens (tertiary/aromatic N) is 4. The normalized spacial score (nSPS) is 11.5. The lowest BCUT2D eigenvalue weighted by atomic mass is 10.2. The molecule has 4 rings (SSSR count). The SMILES string of the molecule is Cc1cccc2sc(Nc3ncnc(Nc4ccc(Cl)c(C(F)(F)F)c4)c3[N+](=O)[O-])nc12. The van der Waals surface area contributed by atoms with Gasteiger partial charge in [0.15, 0.2) is 5.13 Å². The van der Waals surface area contributed by atoms with Crippen molar-refractivity contribution in [2.24, 2.45) is 0 Å². The summed E-state index contributed by atoms with van der Waals surface area (Å²) in [6.45, 7) is 1.89. The second-order valence-electron chi connectivity index (χ2n) is 6.56. The predicted octanol–water partition coefficient (Wildman–Crippen LogP) is 6.46. The Kier molecular flexibility index (Phi) is 5.57. The van der Waals surface area contributed by atoms with Crippen LogP contribution in [0.4, 0.5) is 41.3 Å². The van der Waals surface area contributed by atoms with Crippen molar-refractivity contribution in [3.8, 4) is 0 Å². The fourth-order valence-corrected chi connectivity index (χ4v) is 4.10. The average molecular weight is 481 g/mol. The van der Waals surface area contributed by atoms with Crippen LogP contribution in [-0.4, -0.2) is 19.9 Å². The van der Waals surface area contributed by atoms with Gasteiger partial charge in [0.05, 0.1) is 25.7 Å². The lowest BCUT2D eigenvalue weighted by Crippen LogP contribution is -2.08. The molecule has 2 aromatic carbocycles. The molecule has 0 saturated carbocycles. The molecule has 2 aromatic heterocycles. The summed E-state index contributed by atoms with van der Waals surface area (Å²) in [4.78, 5) is 23.2. The summed E-state index contributed by atoms with van der Waals surface area (Å²) in [5, 5.41) is 17.0. The predicted molar refractivity (Wildman–Crippen MR) is 116 cm³/mol. The van der Waals surface area contributed by atoms with Gasteiger partial charge in [-0.05, 0) is 36.8 Å². The molecule has 0 bridgehead atoms. The van der Waals surface area contributed by atoms with Gasteiger partial charge in [-0.1, -0.05) is 35.1 Å². The van der Waals surface area contributed by atoms with Crippen LogP contribution in [0.2, 0.25) is 5.02 Å². The lowest BCUT2D eigenvalue weighted by Gasteiger charge is -2.12. The highest BCUT2D eigenvalue weighted by atomic mass is 35.5. The van der Waals surface area contributed by atoms with E-state index in [1.54, 1.807) is 0 Å². The van der Waals surface area contributed by atoms with E-state index in [1.165, 1.54) is 17.4 Å². The minimum absolute atomic E-state index is 0.0786. The number of hydrogen-bond donors (Lipinski definition) is 2. The van der Waals surface area contributed by atoms with Gasteiger partial charge in [0.2, 0.25) is 11.6 Å². The van der Waals surface area contributed by atoms with E-state index in [9.17, 15) is 23.3 Å². The Labute approximate surface area is 187 Å². The van der Waals surface area contributed by atoms with E-state index in [-0.39, 0.29) is 17.3 Å². The van der Waals surface area contributed by atoms with E-state index in [0.29, 0.717) is 5.13 Å². The van der Waals surface area contributed by atoms with E-state index in [2.05, 4.69) is 25.6 Å². The quantitative estimate of drug-likeness (QED) is 0.249. The van der Waals surface area contributed by atoms with Gasteiger partial charge in [0.1, 0.15) is 6.33 Å². The Morgan fingerprint density at radius 2 is 1.84 bits per heavy atom. The van der Waals surface area contributed by atoms with Crippen LogP contribution in [0.25, 0.3) is 10.2 Å². The molecule has 0 unspecified atom stereocenters. The van der Waals surface area contributed by atoms with Crippen LogP contribution in [0.1, 0.15) is 11.1 Å². The number of benzene rings is 2. The molecule has 4 aromatic rings. The van der Waals surface area contributed by atoms with Gasteiger partial charge < -0.3 is 10.6 Å². The number of hydrogen-bond acceptors (Lipinski definition) is 8. The van der Waals surface area contributed by atoms with Crippen LogP contribution in [0.15, 0.2) is 42.7 Å². The first kappa shape index (κ1) is 21.7. The Balaban J connectivity index is 1.71. The number of fused-ring (bicyclic) bond motifs is 1. The third kappa shape index (κ3) is 4.27. The second-order valence-corrected chi connectivity index (χ2v) is 8.00. The van der Waals surface area contributed by atoms with Crippen LogP contribution in [-0.2, 0) is 6.18 Å². The van der Waals surface area contributed by atoms with Crippen molar-refractivity contribution >= 4 is 61.3 Å². The van der Waals surface area contributed by atoms with Gasteiger partial charge in [0, 0.05) is 5.69 Å². The molecule has 32 heavy (non-hydrogen) atoms. The number of thiazole rings is 1. The number of para-hydroxylation sites is 1. The maximum absolute atomic E-state index is 13.1. The molecular formula is C19H12ClF3N6O2S. The molecule has 0 aliphatic rings. The van der Waals surface area contributed by atoms with Crippen molar-refractivity contribution < 1.29 is 18.1 Å². The van der Waals surface area contributed by atoms with E-state index < -0.39 is 27.4 Å². The number of nitro groups is 1. The van der Waals surface area contributed by atoms with Gasteiger partial charge in [-0.25, -0.2) is 15.0 Å². The molecule has 13 heteroatoms. The van der Waals surface area contributed by atoms with E-state index in [0.717, 1.165) is 34.2 Å². The summed E-state index contributed by atoms with van der Waals surface area (Å²) in [5.41, 5.74) is -0.0217. The van der Waals surface area contributed by atoms with Gasteiger partial charge in [-0.3, -0.25) is 10.1 Å². The molecule has 2 heterocycles. The smallest absolute Gasteiger partial charge is 0.334 e. The zero-order valence-electron chi connectivity index (χ0n) is 16.1. The van der Waals surface area contributed by atoms with Gasteiger partial charge >= 0.3 is 11.9 Å². The topological polar surface area (TPSA) is 106 Å². The van der Waals surface area contributed by atoms with Crippen LogP contribution in [0.3, 0.4) is 0 Å². The average Bonchev–Trinajstić information content (AvgIpc) is 3.12. The van der Waals surface area contributed by atoms with Crippen molar-refractivity contribution in [1.82, 2.24) is 15.0 Å². The summed E-state index contributed by atoms with van der Waals surface area (Å²) >= 11 is 6.91. The van der Waals surface area contributed by atoms with Crippen LogP contribution >= 0.6 is 22.9 Å². The van der Waals surface area contributed by atoms with Crippen molar-refractivity contribution in [2.45, 2.75) is 13.1 Å². The Morgan fingerprint density at radius 3 is 2.50 bits per heavy atom. The van der Waals surface area contributed by atoms with E-state index in [1.807, 2.05) is 25.1 Å². The molecule has 0 spiro atoms. The molecule has 2 N–H and O–H groups in total. The maximum atomic E-state index is 13.1. The number of halogens is 4. The summed E-state index contributed by atoms with van der Waals surface area (Å²) in [6.07, 6.45) is -3.64. The zero-order valence-corrected chi connectivity index (χ0v) is 17.6. The van der Waals surface area contributed by atoms with Crippen molar-refractivity contribution in [1.29, 1.82) is 0 Å². The van der Waals surface area contributed by atoms with E-state index >= 15 is 0 Å². The Bertz CT molecular complexity index is 1340.